The molecule has 1 unspecified atom stereocenters. The highest BCUT2D eigenvalue weighted by atomic mass is 17.0. The van der Waals surface area contributed by atoms with Crippen LogP contribution in [0.5, 0.6) is 5.75 Å². The highest BCUT2D eigenvalue weighted by Crippen LogP contribution is 2.27. The number of fused-ring (bicyclic) bond motifs is 1. The van der Waals surface area contributed by atoms with Gasteiger partial charge in [0.1, 0.15) is 11.9 Å². The van der Waals surface area contributed by atoms with E-state index in [1.807, 2.05) is 6.92 Å². The Labute approximate surface area is 120 Å². The third kappa shape index (κ3) is 2.93. The van der Waals surface area contributed by atoms with Crippen molar-refractivity contribution in [2.75, 3.05) is 13.2 Å². The van der Waals surface area contributed by atoms with Crippen LogP contribution >= 0.6 is 0 Å². The van der Waals surface area contributed by atoms with Gasteiger partial charge in [-0.05, 0) is 32.0 Å². The van der Waals surface area contributed by atoms with Crippen LogP contribution in [0.3, 0.4) is 0 Å². The number of amides is 2. The molecule has 8 nitrogen and oxygen atoms in total. The van der Waals surface area contributed by atoms with Gasteiger partial charge in [0.05, 0.1) is 24.3 Å². The van der Waals surface area contributed by atoms with Crippen molar-refractivity contribution in [1.82, 2.24) is 4.90 Å². The van der Waals surface area contributed by atoms with E-state index in [-0.39, 0.29) is 17.7 Å². The van der Waals surface area contributed by atoms with Crippen LogP contribution in [-0.4, -0.2) is 41.1 Å². The molecule has 0 saturated carbocycles. The van der Waals surface area contributed by atoms with Crippen molar-refractivity contribution in [3.8, 4) is 5.75 Å². The van der Waals surface area contributed by atoms with E-state index in [1.165, 1.54) is 19.1 Å². The van der Waals surface area contributed by atoms with E-state index >= 15 is 0 Å². The summed E-state index contributed by atoms with van der Waals surface area (Å²) in [5.74, 6) is -0.499. The maximum Gasteiger partial charge on any atom is 0.294 e. The molecule has 112 valence electrons. The normalized spacial score (nSPS) is 14.9. The Morgan fingerprint density at radius 2 is 1.95 bits per heavy atom. The summed E-state index contributed by atoms with van der Waals surface area (Å²) < 4.78 is 5.29. The molecular weight excluding hydrogens is 280 g/mol. The number of hydrogen-bond acceptors (Lipinski definition) is 6. The van der Waals surface area contributed by atoms with E-state index in [4.69, 9.17) is 4.74 Å². The fourth-order valence-electron chi connectivity index (χ4n) is 2.13. The number of imide groups is 1. The molecule has 0 fully saturated rings. The molecule has 0 bridgehead atoms. The predicted molar refractivity (Wildman–Crippen MR) is 70.5 cm³/mol. The molecular formula is C13H14N2O6. The quantitative estimate of drug-likeness (QED) is 0.445. The number of hydrogen-bond donors (Lipinski definition) is 0. The van der Waals surface area contributed by atoms with Gasteiger partial charge in [-0.2, -0.15) is 0 Å². The van der Waals surface area contributed by atoms with Crippen LogP contribution in [0.4, 0.5) is 0 Å². The minimum Gasteiger partial charge on any atom is -0.494 e. The fraction of sp³-hybridized carbons (Fsp3) is 0.385. The van der Waals surface area contributed by atoms with Crippen LogP contribution in [0, 0.1) is 10.1 Å². The standard InChI is InChI=1S/C13H14N2O6/c1-3-20-9-4-5-10-11(6-9)13(17)14(12(10)16)7-8(2)21-15(18)19/h4-6,8H,3,7H2,1-2H3. The van der Waals surface area contributed by atoms with Crippen molar-refractivity contribution in [3.63, 3.8) is 0 Å². The van der Waals surface area contributed by atoms with Crippen molar-refractivity contribution >= 4 is 11.8 Å². The van der Waals surface area contributed by atoms with E-state index in [9.17, 15) is 19.7 Å². The summed E-state index contributed by atoms with van der Waals surface area (Å²) in [6.45, 7) is 3.48. The minimum absolute atomic E-state index is 0.183. The summed E-state index contributed by atoms with van der Waals surface area (Å²) in [5.41, 5.74) is 0.496. The molecule has 0 aromatic heterocycles. The Morgan fingerprint density at radius 1 is 1.29 bits per heavy atom. The van der Waals surface area contributed by atoms with Gasteiger partial charge in [-0.15, -0.1) is 10.1 Å². The van der Waals surface area contributed by atoms with Gasteiger partial charge < -0.3 is 9.57 Å². The molecule has 8 heteroatoms. The molecule has 1 heterocycles. The highest BCUT2D eigenvalue weighted by molar-refractivity contribution is 6.21. The number of carbonyl (C=O) groups is 2. The van der Waals surface area contributed by atoms with Gasteiger partial charge in [0.25, 0.3) is 16.9 Å². The van der Waals surface area contributed by atoms with E-state index < -0.39 is 23.0 Å². The molecule has 0 N–H and O–H groups in total. The van der Waals surface area contributed by atoms with Crippen molar-refractivity contribution in [2.24, 2.45) is 0 Å². The lowest BCUT2D eigenvalue weighted by Crippen LogP contribution is -2.37. The second-order valence-corrected chi connectivity index (χ2v) is 4.50. The average molecular weight is 294 g/mol. The summed E-state index contributed by atoms with van der Waals surface area (Å²) in [5, 5.41) is 9.31. The van der Waals surface area contributed by atoms with Crippen LogP contribution in [-0.2, 0) is 4.84 Å². The predicted octanol–water partition coefficient (Wildman–Crippen LogP) is 1.28. The van der Waals surface area contributed by atoms with Crippen molar-refractivity contribution in [2.45, 2.75) is 20.0 Å². The summed E-state index contributed by atoms with van der Waals surface area (Å²) in [7, 11) is 0. The number of ether oxygens (including phenoxy) is 1. The molecule has 2 amide bonds. The first-order chi connectivity index (χ1) is 9.93. The van der Waals surface area contributed by atoms with Gasteiger partial charge >= 0.3 is 0 Å². The minimum atomic E-state index is -0.948. The second kappa shape index (κ2) is 5.78. The van der Waals surface area contributed by atoms with Crippen LogP contribution < -0.4 is 4.74 Å². The first kappa shape index (κ1) is 14.8. The molecule has 1 aliphatic heterocycles. The number of benzene rings is 1. The molecule has 1 aromatic carbocycles. The lowest BCUT2D eigenvalue weighted by molar-refractivity contribution is -0.767. The Morgan fingerprint density at radius 3 is 2.57 bits per heavy atom. The van der Waals surface area contributed by atoms with E-state index in [0.29, 0.717) is 12.4 Å². The van der Waals surface area contributed by atoms with Crippen LogP contribution in [0.15, 0.2) is 18.2 Å². The lowest BCUT2D eigenvalue weighted by atomic mass is 10.1. The Kier molecular flexibility index (Phi) is 4.06. The SMILES string of the molecule is CCOc1ccc2c(c1)C(=O)N(CC(C)O[N+](=O)[O-])C2=O. The third-order valence-corrected chi connectivity index (χ3v) is 2.96. The molecule has 0 radical (unpaired) electrons. The van der Waals surface area contributed by atoms with E-state index in [1.54, 1.807) is 6.07 Å². The molecule has 21 heavy (non-hydrogen) atoms. The Bertz CT molecular complexity index is 600. The molecule has 1 atom stereocenters. The van der Waals surface area contributed by atoms with Gasteiger partial charge in [-0.3, -0.25) is 14.5 Å². The maximum absolute atomic E-state index is 12.2. The summed E-state index contributed by atoms with van der Waals surface area (Å²) >= 11 is 0. The van der Waals surface area contributed by atoms with Gasteiger partial charge in [0.15, 0.2) is 0 Å². The van der Waals surface area contributed by atoms with Crippen molar-refractivity contribution < 1.29 is 24.3 Å². The van der Waals surface area contributed by atoms with Gasteiger partial charge in [-0.1, -0.05) is 0 Å². The van der Waals surface area contributed by atoms with Crippen LogP contribution in [0.1, 0.15) is 34.6 Å². The Hall–Kier alpha value is -2.64. The molecule has 1 aromatic rings. The average Bonchev–Trinajstić information content (AvgIpc) is 2.63. The molecule has 2 rings (SSSR count). The number of nitrogens with zero attached hydrogens (tertiary/aromatic N) is 2. The molecule has 0 aliphatic carbocycles. The molecule has 0 saturated heterocycles. The zero-order valence-electron chi connectivity index (χ0n) is 11.6. The van der Waals surface area contributed by atoms with E-state index in [2.05, 4.69) is 4.84 Å². The van der Waals surface area contributed by atoms with Crippen molar-refractivity contribution in [3.05, 3.63) is 39.4 Å². The van der Waals surface area contributed by atoms with E-state index in [0.717, 1.165) is 4.90 Å². The monoisotopic (exact) mass is 294 g/mol. The fourth-order valence-corrected chi connectivity index (χ4v) is 2.13. The number of carbonyl (C=O) groups excluding carboxylic acids is 2. The molecule has 1 aliphatic rings. The van der Waals surface area contributed by atoms with Gasteiger partial charge in [-0.25, -0.2) is 0 Å². The topological polar surface area (TPSA) is 99.0 Å². The first-order valence-corrected chi connectivity index (χ1v) is 6.38. The molecule has 0 spiro atoms. The largest absolute Gasteiger partial charge is 0.494 e. The zero-order valence-corrected chi connectivity index (χ0v) is 11.6. The van der Waals surface area contributed by atoms with Gasteiger partial charge in [0, 0.05) is 0 Å². The Balaban J connectivity index is 2.19. The first-order valence-electron chi connectivity index (χ1n) is 6.38. The van der Waals surface area contributed by atoms with Crippen molar-refractivity contribution in [1.29, 1.82) is 0 Å². The number of rotatable bonds is 6. The van der Waals surface area contributed by atoms with Crippen LogP contribution in [0.25, 0.3) is 0 Å². The van der Waals surface area contributed by atoms with Crippen LogP contribution in [0.2, 0.25) is 0 Å². The summed E-state index contributed by atoms with van der Waals surface area (Å²) in [6, 6.07) is 4.62. The third-order valence-electron chi connectivity index (χ3n) is 2.96. The highest BCUT2D eigenvalue weighted by Gasteiger charge is 2.36. The lowest BCUT2D eigenvalue weighted by Gasteiger charge is -2.17. The second-order valence-electron chi connectivity index (χ2n) is 4.50. The summed E-state index contributed by atoms with van der Waals surface area (Å²) in [6.07, 6.45) is -0.895. The smallest absolute Gasteiger partial charge is 0.294 e. The van der Waals surface area contributed by atoms with Gasteiger partial charge in [0.2, 0.25) is 0 Å². The maximum atomic E-state index is 12.2. The zero-order chi connectivity index (χ0) is 15.6. The summed E-state index contributed by atoms with van der Waals surface area (Å²) in [4.78, 5) is 39.9.